The summed E-state index contributed by atoms with van der Waals surface area (Å²) < 4.78 is 22.3. The quantitative estimate of drug-likeness (QED) is 0.702. The molecule has 1 aromatic carbocycles. The zero-order valence-corrected chi connectivity index (χ0v) is 15.2. The van der Waals surface area contributed by atoms with Crippen molar-refractivity contribution in [1.82, 2.24) is 14.6 Å². The third-order valence-corrected chi connectivity index (χ3v) is 5.71. The summed E-state index contributed by atoms with van der Waals surface area (Å²) in [5.74, 6) is 0.641. The Labute approximate surface area is 146 Å². The van der Waals surface area contributed by atoms with Crippen LogP contribution in [-0.2, 0) is 17.7 Å². The SMILES string of the molecule is CC(CCc1ccc2[nH]cc(C3CCN(C)CC3)c2c1)NS(=O)O. The molecule has 1 aliphatic heterocycles. The van der Waals surface area contributed by atoms with E-state index in [2.05, 4.69) is 46.0 Å². The highest BCUT2D eigenvalue weighted by atomic mass is 32.2. The fourth-order valence-electron chi connectivity index (χ4n) is 3.62. The lowest BCUT2D eigenvalue weighted by molar-refractivity contribution is 0.256. The average Bonchev–Trinajstić information content (AvgIpc) is 2.96. The fraction of sp³-hybridized carbons (Fsp3) is 0.556. The Hall–Kier alpha value is -1.21. The number of hydrogen-bond donors (Lipinski definition) is 3. The van der Waals surface area contributed by atoms with Gasteiger partial charge in [0.15, 0.2) is 0 Å². The summed E-state index contributed by atoms with van der Waals surface area (Å²) in [4.78, 5) is 5.81. The first-order valence-electron chi connectivity index (χ1n) is 8.68. The van der Waals surface area contributed by atoms with E-state index in [-0.39, 0.29) is 6.04 Å². The molecule has 0 aliphatic carbocycles. The van der Waals surface area contributed by atoms with Gasteiger partial charge in [0.05, 0.1) is 0 Å². The molecule has 132 valence electrons. The van der Waals surface area contributed by atoms with Crippen LogP contribution < -0.4 is 4.72 Å². The van der Waals surface area contributed by atoms with Gasteiger partial charge in [0.1, 0.15) is 0 Å². The number of fused-ring (bicyclic) bond motifs is 1. The number of H-pyrrole nitrogens is 1. The van der Waals surface area contributed by atoms with Crippen molar-refractivity contribution in [2.75, 3.05) is 20.1 Å². The summed E-state index contributed by atoms with van der Waals surface area (Å²) >= 11 is -1.94. The zero-order valence-electron chi connectivity index (χ0n) is 14.4. The van der Waals surface area contributed by atoms with Crippen LogP contribution in [0.1, 0.15) is 43.2 Å². The van der Waals surface area contributed by atoms with Crippen molar-refractivity contribution in [3.8, 4) is 0 Å². The zero-order chi connectivity index (χ0) is 17.1. The summed E-state index contributed by atoms with van der Waals surface area (Å²) in [6.45, 7) is 4.27. The lowest BCUT2D eigenvalue weighted by Gasteiger charge is -2.28. The van der Waals surface area contributed by atoms with Crippen molar-refractivity contribution >= 4 is 22.2 Å². The number of aryl methyl sites for hydroxylation is 1. The predicted molar refractivity (Wildman–Crippen MR) is 99.5 cm³/mol. The van der Waals surface area contributed by atoms with Crippen molar-refractivity contribution in [3.05, 3.63) is 35.5 Å². The molecule has 3 N–H and O–H groups in total. The van der Waals surface area contributed by atoms with Gasteiger partial charge in [0.25, 0.3) is 0 Å². The summed E-state index contributed by atoms with van der Waals surface area (Å²) in [6, 6.07) is 6.62. The second-order valence-electron chi connectivity index (χ2n) is 7.01. The molecule has 0 saturated carbocycles. The van der Waals surface area contributed by atoms with Gasteiger partial charge in [-0.05, 0) is 81.9 Å². The Morgan fingerprint density at radius 1 is 1.42 bits per heavy atom. The average molecular weight is 350 g/mol. The van der Waals surface area contributed by atoms with Crippen molar-refractivity contribution in [1.29, 1.82) is 0 Å². The Balaban J connectivity index is 1.72. The van der Waals surface area contributed by atoms with Gasteiger partial charge in [-0.25, -0.2) is 8.93 Å². The van der Waals surface area contributed by atoms with Gasteiger partial charge in [-0.15, -0.1) is 0 Å². The van der Waals surface area contributed by atoms with Crippen molar-refractivity contribution in [2.45, 2.75) is 44.6 Å². The van der Waals surface area contributed by atoms with E-state index in [0.29, 0.717) is 5.92 Å². The van der Waals surface area contributed by atoms with E-state index in [9.17, 15) is 4.21 Å². The molecule has 1 aliphatic rings. The Morgan fingerprint density at radius 2 is 2.17 bits per heavy atom. The van der Waals surface area contributed by atoms with E-state index in [1.807, 2.05) is 6.92 Å². The maximum absolute atomic E-state index is 10.8. The molecule has 2 aromatic rings. The standard InChI is InChI=1S/C18H27N3O2S/c1-13(20-24(22)23)3-4-14-5-6-18-16(11-14)17(12-19-18)15-7-9-21(2)10-8-15/h5-6,11-13,15,19-20H,3-4,7-10H2,1-2H3,(H,22,23). The summed E-state index contributed by atoms with van der Waals surface area (Å²) in [6.07, 6.45) is 6.36. The van der Waals surface area contributed by atoms with Crippen LogP contribution >= 0.6 is 0 Å². The maximum atomic E-state index is 10.8. The third-order valence-electron chi connectivity index (χ3n) is 5.10. The molecule has 2 heterocycles. The largest absolute Gasteiger partial charge is 0.361 e. The summed E-state index contributed by atoms with van der Waals surface area (Å²) in [5.41, 5.74) is 3.94. The molecular formula is C18H27N3O2S. The second-order valence-corrected chi connectivity index (χ2v) is 7.74. The predicted octanol–water partition coefficient (Wildman–Crippen LogP) is 3.02. The van der Waals surface area contributed by atoms with E-state index >= 15 is 0 Å². The number of aromatic amines is 1. The monoisotopic (exact) mass is 349 g/mol. The molecular weight excluding hydrogens is 322 g/mol. The maximum Gasteiger partial charge on any atom is 0.231 e. The number of likely N-dealkylation sites (tertiary alicyclic amines) is 1. The molecule has 2 atom stereocenters. The topological polar surface area (TPSA) is 68.4 Å². The van der Waals surface area contributed by atoms with Gasteiger partial charge in [0, 0.05) is 23.1 Å². The first-order valence-corrected chi connectivity index (χ1v) is 9.79. The minimum Gasteiger partial charge on any atom is -0.361 e. The molecule has 1 fully saturated rings. The van der Waals surface area contributed by atoms with Crippen LogP contribution in [0, 0.1) is 0 Å². The Bertz CT molecular complexity index is 707. The minimum atomic E-state index is -1.94. The molecule has 0 amide bonds. The van der Waals surface area contributed by atoms with E-state index in [4.69, 9.17) is 4.55 Å². The smallest absolute Gasteiger partial charge is 0.231 e. The van der Waals surface area contributed by atoms with Gasteiger partial charge >= 0.3 is 0 Å². The summed E-state index contributed by atoms with van der Waals surface area (Å²) in [5, 5.41) is 1.34. The van der Waals surface area contributed by atoms with E-state index in [1.54, 1.807) is 0 Å². The van der Waals surface area contributed by atoms with Gasteiger partial charge in [-0.3, -0.25) is 4.55 Å². The first kappa shape index (κ1) is 17.6. The molecule has 2 unspecified atom stereocenters. The first-order chi connectivity index (χ1) is 11.5. The number of nitrogens with one attached hydrogen (secondary N) is 2. The van der Waals surface area contributed by atoms with Crippen LogP contribution in [0.4, 0.5) is 0 Å². The van der Waals surface area contributed by atoms with Crippen molar-refractivity contribution in [3.63, 3.8) is 0 Å². The molecule has 1 saturated heterocycles. The number of aromatic nitrogens is 1. The number of rotatable bonds is 6. The van der Waals surface area contributed by atoms with E-state index in [1.165, 1.54) is 48.0 Å². The van der Waals surface area contributed by atoms with Crippen molar-refractivity contribution in [2.24, 2.45) is 0 Å². The van der Waals surface area contributed by atoms with Crippen LogP contribution in [0.2, 0.25) is 0 Å². The van der Waals surface area contributed by atoms with Gasteiger partial charge in [-0.1, -0.05) is 6.07 Å². The van der Waals surface area contributed by atoms with E-state index in [0.717, 1.165) is 12.8 Å². The number of hydrogen-bond acceptors (Lipinski definition) is 2. The van der Waals surface area contributed by atoms with Crippen LogP contribution in [0.5, 0.6) is 0 Å². The van der Waals surface area contributed by atoms with Crippen molar-refractivity contribution < 1.29 is 8.76 Å². The number of nitrogens with zero attached hydrogens (tertiary/aromatic N) is 1. The van der Waals surface area contributed by atoms with E-state index < -0.39 is 11.3 Å². The van der Waals surface area contributed by atoms with Gasteiger partial charge in [0.2, 0.25) is 11.3 Å². The molecule has 24 heavy (non-hydrogen) atoms. The third kappa shape index (κ3) is 4.25. The Morgan fingerprint density at radius 3 is 2.88 bits per heavy atom. The molecule has 5 nitrogen and oxygen atoms in total. The molecule has 3 rings (SSSR count). The highest BCUT2D eigenvalue weighted by molar-refractivity contribution is 7.77. The van der Waals surface area contributed by atoms with Gasteiger partial charge in [-0.2, -0.15) is 0 Å². The fourth-order valence-corrected chi connectivity index (χ4v) is 4.08. The normalized spacial score (nSPS) is 19.6. The molecule has 0 spiro atoms. The molecule has 1 aromatic heterocycles. The lowest BCUT2D eigenvalue weighted by Crippen LogP contribution is -2.29. The second kappa shape index (κ2) is 7.78. The van der Waals surface area contributed by atoms with Crippen LogP contribution in [0.25, 0.3) is 10.9 Å². The molecule has 0 bridgehead atoms. The van der Waals surface area contributed by atoms with Crippen LogP contribution in [-0.4, -0.2) is 44.8 Å². The number of benzene rings is 1. The van der Waals surface area contributed by atoms with Gasteiger partial charge < -0.3 is 9.88 Å². The molecule has 0 radical (unpaired) electrons. The minimum absolute atomic E-state index is 0.0195. The Kier molecular flexibility index (Phi) is 5.71. The van der Waals surface area contributed by atoms with Crippen LogP contribution in [0.3, 0.4) is 0 Å². The lowest BCUT2D eigenvalue weighted by atomic mass is 9.89. The highest BCUT2D eigenvalue weighted by Gasteiger charge is 2.21. The highest BCUT2D eigenvalue weighted by Crippen LogP contribution is 2.33. The van der Waals surface area contributed by atoms with Crippen LogP contribution in [0.15, 0.2) is 24.4 Å². The summed E-state index contributed by atoms with van der Waals surface area (Å²) in [7, 11) is 2.19. The number of piperidine rings is 1. The molecule has 6 heteroatoms.